The summed E-state index contributed by atoms with van der Waals surface area (Å²) < 4.78 is 0. The van der Waals surface area contributed by atoms with Crippen molar-refractivity contribution < 1.29 is 9.59 Å². The van der Waals surface area contributed by atoms with E-state index in [1.165, 1.54) is 11.1 Å². The third-order valence-corrected chi connectivity index (χ3v) is 6.53. The number of hydrogen-bond acceptors (Lipinski definition) is 2. The zero-order valence-corrected chi connectivity index (χ0v) is 17.0. The predicted molar refractivity (Wildman–Crippen MR) is 114 cm³/mol. The maximum atomic E-state index is 12.7. The van der Waals surface area contributed by atoms with Crippen molar-refractivity contribution in [2.45, 2.75) is 43.9 Å². The number of amides is 2. The third kappa shape index (κ3) is 4.87. The molecule has 1 saturated heterocycles. The Morgan fingerprint density at radius 2 is 1.55 bits per heavy atom. The molecule has 0 atom stereocenters. The molecule has 1 saturated carbocycles. The normalized spacial score (nSPS) is 18.3. The average Bonchev–Trinajstić information content (AvgIpc) is 3.58. The van der Waals surface area contributed by atoms with Crippen LogP contribution in [-0.2, 0) is 21.4 Å². The van der Waals surface area contributed by atoms with Gasteiger partial charge < -0.3 is 10.2 Å². The standard InChI is InChI=1S/C25H30N2O2/c28-23(12-11-20-7-3-1-4-8-20)27-17-13-21(14-18-27)24(29)26-19-25(15-16-25)22-9-5-2-6-10-22/h1-10,21H,11-19H2,(H,26,29). The Hall–Kier alpha value is -2.62. The molecule has 0 bridgehead atoms. The van der Waals surface area contributed by atoms with Crippen molar-refractivity contribution in [3.05, 3.63) is 71.8 Å². The largest absolute Gasteiger partial charge is 0.355 e. The molecule has 152 valence electrons. The Morgan fingerprint density at radius 1 is 0.931 bits per heavy atom. The van der Waals surface area contributed by atoms with E-state index >= 15 is 0 Å². The summed E-state index contributed by atoms with van der Waals surface area (Å²) in [4.78, 5) is 27.1. The second-order valence-corrected chi connectivity index (χ2v) is 8.50. The molecule has 2 aliphatic rings. The highest BCUT2D eigenvalue weighted by Crippen LogP contribution is 2.47. The lowest BCUT2D eigenvalue weighted by Gasteiger charge is -2.32. The minimum absolute atomic E-state index is 0.0275. The minimum Gasteiger partial charge on any atom is -0.355 e. The minimum atomic E-state index is 0.0275. The van der Waals surface area contributed by atoms with E-state index in [-0.39, 0.29) is 23.1 Å². The zero-order chi connectivity index (χ0) is 20.1. The molecule has 4 heteroatoms. The van der Waals surface area contributed by atoms with Crippen molar-refractivity contribution in [3.63, 3.8) is 0 Å². The fourth-order valence-electron chi connectivity index (χ4n) is 4.36. The number of carbonyl (C=O) groups excluding carboxylic acids is 2. The molecule has 2 fully saturated rings. The molecule has 2 amide bonds. The van der Waals surface area contributed by atoms with Crippen LogP contribution in [0.1, 0.15) is 43.2 Å². The molecule has 0 spiro atoms. The summed E-state index contributed by atoms with van der Waals surface area (Å²) in [6, 6.07) is 20.6. The summed E-state index contributed by atoms with van der Waals surface area (Å²) in [6.45, 7) is 2.11. The van der Waals surface area contributed by atoms with Gasteiger partial charge in [0.2, 0.25) is 11.8 Å². The van der Waals surface area contributed by atoms with E-state index in [1.807, 2.05) is 29.2 Å². The summed E-state index contributed by atoms with van der Waals surface area (Å²) >= 11 is 0. The molecule has 4 rings (SSSR count). The summed E-state index contributed by atoms with van der Waals surface area (Å²) in [5.74, 6) is 0.386. The van der Waals surface area contributed by atoms with Gasteiger partial charge in [0.25, 0.3) is 0 Å². The Bertz CT molecular complexity index is 822. The fourth-order valence-corrected chi connectivity index (χ4v) is 4.36. The molecule has 0 radical (unpaired) electrons. The summed E-state index contributed by atoms with van der Waals surface area (Å²) in [7, 11) is 0. The molecular formula is C25H30N2O2. The van der Waals surface area contributed by atoms with Gasteiger partial charge in [0.15, 0.2) is 0 Å². The van der Waals surface area contributed by atoms with Crippen LogP contribution in [0.15, 0.2) is 60.7 Å². The first kappa shape index (κ1) is 19.7. The Morgan fingerprint density at radius 3 is 2.17 bits per heavy atom. The monoisotopic (exact) mass is 390 g/mol. The Labute approximate surface area is 173 Å². The molecular weight excluding hydrogens is 360 g/mol. The molecule has 2 aromatic carbocycles. The lowest BCUT2D eigenvalue weighted by molar-refractivity contribution is -0.135. The van der Waals surface area contributed by atoms with E-state index in [0.717, 1.165) is 38.6 Å². The van der Waals surface area contributed by atoms with E-state index in [0.29, 0.717) is 19.5 Å². The number of aryl methyl sites for hydroxylation is 1. The van der Waals surface area contributed by atoms with Gasteiger partial charge in [0.05, 0.1) is 0 Å². The number of rotatable bonds is 7. The van der Waals surface area contributed by atoms with Crippen LogP contribution in [0.3, 0.4) is 0 Å². The van der Waals surface area contributed by atoms with E-state index in [4.69, 9.17) is 0 Å². The first-order valence-electron chi connectivity index (χ1n) is 10.8. The highest BCUT2D eigenvalue weighted by atomic mass is 16.2. The van der Waals surface area contributed by atoms with Gasteiger partial charge in [-0.1, -0.05) is 60.7 Å². The van der Waals surface area contributed by atoms with Gasteiger partial charge in [0.1, 0.15) is 0 Å². The lowest BCUT2D eigenvalue weighted by Crippen LogP contribution is -2.44. The van der Waals surface area contributed by atoms with Crippen molar-refractivity contribution >= 4 is 11.8 Å². The molecule has 0 aromatic heterocycles. The summed E-state index contributed by atoms with van der Waals surface area (Å²) in [6.07, 6.45) is 5.14. The number of carbonyl (C=O) groups is 2. The van der Waals surface area contributed by atoms with E-state index in [2.05, 4.69) is 41.7 Å². The summed E-state index contributed by atoms with van der Waals surface area (Å²) in [5.41, 5.74) is 2.67. The number of nitrogens with one attached hydrogen (secondary N) is 1. The topological polar surface area (TPSA) is 49.4 Å². The molecule has 0 unspecified atom stereocenters. The zero-order valence-electron chi connectivity index (χ0n) is 17.0. The number of likely N-dealkylation sites (tertiary alicyclic amines) is 1. The van der Waals surface area contributed by atoms with Crippen molar-refractivity contribution in [2.24, 2.45) is 5.92 Å². The highest BCUT2D eigenvalue weighted by molar-refractivity contribution is 5.80. The number of nitrogens with zero attached hydrogens (tertiary/aromatic N) is 1. The first-order valence-corrected chi connectivity index (χ1v) is 10.8. The SMILES string of the molecule is O=C(NCC1(c2ccccc2)CC1)C1CCN(C(=O)CCc2ccccc2)CC1. The van der Waals surface area contributed by atoms with Gasteiger partial charge in [-0.15, -0.1) is 0 Å². The van der Waals surface area contributed by atoms with Crippen LogP contribution in [-0.4, -0.2) is 36.3 Å². The first-order chi connectivity index (χ1) is 14.2. The maximum Gasteiger partial charge on any atom is 0.223 e. The Balaban J connectivity index is 1.20. The average molecular weight is 391 g/mol. The van der Waals surface area contributed by atoms with Crippen molar-refractivity contribution in [1.82, 2.24) is 10.2 Å². The maximum absolute atomic E-state index is 12.7. The van der Waals surface area contributed by atoms with Crippen LogP contribution >= 0.6 is 0 Å². The number of benzene rings is 2. The van der Waals surface area contributed by atoms with Crippen LogP contribution in [0.4, 0.5) is 0 Å². The Kier molecular flexibility index (Phi) is 5.98. The van der Waals surface area contributed by atoms with Gasteiger partial charge in [-0.25, -0.2) is 0 Å². The van der Waals surface area contributed by atoms with Crippen LogP contribution in [0.25, 0.3) is 0 Å². The van der Waals surface area contributed by atoms with Crippen LogP contribution in [0, 0.1) is 5.92 Å². The van der Waals surface area contributed by atoms with Crippen LogP contribution in [0.2, 0.25) is 0 Å². The molecule has 1 heterocycles. The van der Waals surface area contributed by atoms with Gasteiger partial charge >= 0.3 is 0 Å². The molecule has 29 heavy (non-hydrogen) atoms. The smallest absolute Gasteiger partial charge is 0.223 e. The van der Waals surface area contributed by atoms with Crippen LogP contribution in [0.5, 0.6) is 0 Å². The second kappa shape index (κ2) is 8.81. The third-order valence-electron chi connectivity index (χ3n) is 6.53. The fraction of sp³-hybridized carbons (Fsp3) is 0.440. The predicted octanol–water partition coefficient (Wildman–Crippen LogP) is 3.71. The van der Waals surface area contributed by atoms with Crippen molar-refractivity contribution in [3.8, 4) is 0 Å². The van der Waals surface area contributed by atoms with Crippen molar-refractivity contribution in [2.75, 3.05) is 19.6 Å². The van der Waals surface area contributed by atoms with Gasteiger partial charge in [-0.3, -0.25) is 9.59 Å². The number of hydrogen-bond donors (Lipinski definition) is 1. The number of piperidine rings is 1. The van der Waals surface area contributed by atoms with E-state index in [9.17, 15) is 9.59 Å². The molecule has 2 aromatic rings. The van der Waals surface area contributed by atoms with Crippen molar-refractivity contribution in [1.29, 1.82) is 0 Å². The summed E-state index contributed by atoms with van der Waals surface area (Å²) in [5, 5.41) is 3.20. The quantitative estimate of drug-likeness (QED) is 0.784. The van der Waals surface area contributed by atoms with Gasteiger partial charge in [-0.05, 0) is 43.2 Å². The lowest BCUT2D eigenvalue weighted by atomic mass is 9.93. The molecule has 4 nitrogen and oxygen atoms in total. The van der Waals surface area contributed by atoms with Gasteiger partial charge in [-0.2, -0.15) is 0 Å². The van der Waals surface area contributed by atoms with E-state index in [1.54, 1.807) is 0 Å². The van der Waals surface area contributed by atoms with E-state index < -0.39 is 0 Å². The molecule has 1 aliphatic carbocycles. The highest BCUT2D eigenvalue weighted by Gasteiger charge is 2.44. The van der Waals surface area contributed by atoms with Crippen LogP contribution < -0.4 is 5.32 Å². The van der Waals surface area contributed by atoms with Gasteiger partial charge in [0, 0.05) is 37.4 Å². The molecule has 1 N–H and O–H groups in total. The molecule has 1 aliphatic heterocycles. The second-order valence-electron chi connectivity index (χ2n) is 8.50.